The Morgan fingerprint density at radius 1 is 0.262 bits per heavy atom. The zero-order valence-electron chi connectivity index (χ0n) is 35.5. The summed E-state index contributed by atoms with van der Waals surface area (Å²) in [5.74, 6) is 1.89. The first-order chi connectivity index (χ1) is 32.2. The van der Waals surface area contributed by atoms with E-state index >= 15 is 0 Å². The van der Waals surface area contributed by atoms with Crippen LogP contribution < -0.4 is 0 Å². The molecule has 1 heterocycles. The minimum atomic E-state index is -0.490. The van der Waals surface area contributed by atoms with Crippen LogP contribution in [0.1, 0.15) is 22.3 Å². The lowest BCUT2D eigenvalue weighted by Crippen LogP contribution is -2.28. The Morgan fingerprint density at radius 2 is 0.692 bits per heavy atom. The van der Waals surface area contributed by atoms with Gasteiger partial charge in [-0.1, -0.05) is 237 Å². The summed E-state index contributed by atoms with van der Waals surface area (Å²) in [5, 5.41) is 2.53. The van der Waals surface area contributed by atoms with E-state index < -0.39 is 5.41 Å². The second kappa shape index (κ2) is 16.0. The number of hydrogen-bond donors (Lipinski definition) is 0. The van der Waals surface area contributed by atoms with Crippen molar-refractivity contribution in [3.05, 3.63) is 271 Å². The van der Waals surface area contributed by atoms with E-state index in [1.165, 1.54) is 55.3 Å². The summed E-state index contributed by atoms with van der Waals surface area (Å²) < 4.78 is 0. The SMILES string of the molecule is c1ccc(-c2ccc(-c3cccc(-c4nc(-c5ccccc5)nc(-c5cccc(-c6ccc(C7(c8ccccc8)c8ccccc8-c8c7ccc7ccccc87)cc6)c5)n4)c3)cc2)cc1. The fraction of sp³-hybridized carbons (Fsp3) is 0.0161. The molecule has 1 aromatic heterocycles. The van der Waals surface area contributed by atoms with Crippen molar-refractivity contribution in [2.75, 3.05) is 0 Å². The quantitative estimate of drug-likeness (QED) is 0.153. The van der Waals surface area contributed by atoms with Gasteiger partial charge < -0.3 is 0 Å². The van der Waals surface area contributed by atoms with Crippen molar-refractivity contribution in [3.8, 4) is 78.7 Å². The smallest absolute Gasteiger partial charge is 0.164 e. The molecular weight excluding hydrogens is 787 g/mol. The summed E-state index contributed by atoms with van der Waals surface area (Å²) in [5.41, 5.74) is 16.8. The van der Waals surface area contributed by atoms with Crippen LogP contribution in [0, 0.1) is 0 Å². The van der Waals surface area contributed by atoms with Crippen molar-refractivity contribution in [2.24, 2.45) is 0 Å². The van der Waals surface area contributed by atoms with Gasteiger partial charge in [-0.2, -0.15) is 0 Å². The van der Waals surface area contributed by atoms with Crippen molar-refractivity contribution in [2.45, 2.75) is 5.41 Å². The molecule has 0 spiro atoms. The minimum absolute atomic E-state index is 0.490. The van der Waals surface area contributed by atoms with Crippen LogP contribution in [-0.4, -0.2) is 15.0 Å². The van der Waals surface area contributed by atoms with E-state index in [-0.39, 0.29) is 0 Å². The van der Waals surface area contributed by atoms with Gasteiger partial charge in [-0.05, 0) is 89.7 Å². The number of rotatable bonds is 8. The maximum absolute atomic E-state index is 5.17. The molecule has 0 fully saturated rings. The van der Waals surface area contributed by atoms with E-state index in [2.05, 4.69) is 224 Å². The van der Waals surface area contributed by atoms with Crippen molar-refractivity contribution < 1.29 is 0 Å². The van der Waals surface area contributed by atoms with Gasteiger partial charge in [-0.15, -0.1) is 0 Å². The summed E-state index contributed by atoms with van der Waals surface area (Å²) in [7, 11) is 0. The Labute approximate surface area is 379 Å². The topological polar surface area (TPSA) is 38.7 Å². The third-order valence-corrected chi connectivity index (χ3v) is 13.0. The van der Waals surface area contributed by atoms with E-state index in [1.54, 1.807) is 0 Å². The van der Waals surface area contributed by atoms with Crippen LogP contribution in [0.15, 0.2) is 249 Å². The standard InChI is InChI=1S/C62H41N3/c1-4-16-42(17-5-1)43-30-32-44(33-31-43)48-21-14-23-50(40-48)60-63-59(47-19-6-2-7-20-47)64-61(65-60)51-24-15-22-49(41-51)45-34-37-53(38-35-45)62(52-25-8-3-9-26-52)56-29-13-12-28-55(56)58-54-27-11-10-18-46(54)36-39-57(58)62/h1-41H. The molecule has 3 heteroatoms. The number of hydrogen-bond acceptors (Lipinski definition) is 3. The first-order valence-corrected chi connectivity index (χ1v) is 22.2. The highest BCUT2D eigenvalue weighted by Gasteiger charge is 2.46. The van der Waals surface area contributed by atoms with Gasteiger partial charge in [0, 0.05) is 16.7 Å². The lowest BCUT2D eigenvalue weighted by Gasteiger charge is -2.34. The summed E-state index contributed by atoms with van der Waals surface area (Å²) >= 11 is 0. The van der Waals surface area contributed by atoms with Gasteiger partial charge in [-0.25, -0.2) is 15.0 Å². The molecule has 0 N–H and O–H groups in total. The normalized spacial score (nSPS) is 13.9. The van der Waals surface area contributed by atoms with Crippen LogP contribution in [0.4, 0.5) is 0 Å². The molecule has 304 valence electrons. The average Bonchev–Trinajstić information content (AvgIpc) is 3.71. The highest BCUT2D eigenvalue weighted by molar-refractivity contribution is 6.04. The van der Waals surface area contributed by atoms with Crippen molar-refractivity contribution in [3.63, 3.8) is 0 Å². The fourth-order valence-corrected chi connectivity index (χ4v) is 9.95. The summed E-state index contributed by atoms with van der Waals surface area (Å²) in [6.45, 7) is 0. The number of fused-ring (bicyclic) bond motifs is 5. The predicted octanol–water partition coefficient (Wildman–Crippen LogP) is 15.4. The third-order valence-electron chi connectivity index (χ3n) is 13.0. The van der Waals surface area contributed by atoms with E-state index in [0.29, 0.717) is 17.5 Å². The Kier molecular flexibility index (Phi) is 9.39. The minimum Gasteiger partial charge on any atom is -0.208 e. The zero-order valence-corrected chi connectivity index (χ0v) is 35.5. The maximum Gasteiger partial charge on any atom is 0.164 e. The molecule has 0 bridgehead atoms. The maximum atomic E-state index is 5.17. The highest BCUT2D eigenvalue weighted by Crippen LogP contribution is 2.57. The second-order valence-corrected chi connectivity index (χ2v) is 16.7. The molecule has 1 aliphatic rings. The highest BCUT2D eigenvalue weighted by atomic mass is 15.0. The van der Waals surface area contributed by atoms with Crippen molar-refractivity contribution in [1.82, 2.24) is 15.0 Å². The van der Waals surface area contributed by atoms with Crippen LogP contribution in [0.3, 0.4) is 0 Å². The number of benzene rings is 10. The summed E-state index contributed by atoms with van der Waals surface area (Å²) in [4.78, 5) is 15.4. The van der Waals surface area contributed by atoms with Crippen molar-refractivity contribution in [1.29, 1.82) is 0 Å². The molecule has 0 saturated heterocycles. The number of nitrogens with zero attached hydrogens (tertiary/aromatic N) is 3. The van der Waals surface area contributed by atoms with Gasteiger partial charge in [0.25, 0.3) is 0 Å². The van der Waals surface area contributed by atoms with E-state index in [4.69, 9.17) is 15.0 Å². The van der Waals surface area contributed by atoms with Crippen LogP contribution in [-0.2, 0) is 5.41 Å². The molecular formula is C62H41N3. The monoisotopic (exact) mass is 827 g/mol. The summed E-state index contributed by atoms with van der Waals surface area (Å²) in [6, 6.07) is 89.0. The van der Waals surface area contributed by atoms with Gasteiger partial charge in [-0.3, -0.25) is 0 Å². The molecule has 10 aromatic carbocycles. The summed E-state index contributed by atoms with van der Waals surface area (Å²) in [6.07, 6.45) is 0. The van der Waals surface area contributed by atoms with Crippen molar-refractivity contribution >= 4 is 10.8 Å². The lowest BCUT2D eigenvalue weighted by atomic mass is 9.67. The molecule has 3 nitrogen and oxygen atoms in total. The molecule has 11 aromatic rings. The lowest BCUT2D eigenvalue weighted by molar-refractivity contribution is 0.769. The number of aromatic nitrogens is 3. The Balaban J connectivity index is 0.934. The zero-order chi connectivity index (χ0) is 43.2. The molecule has 12 rings (SSSR count). The van der Waals surface area contributed by atoms with Crippen LogP contribution in [0.5, 0.6) is 0 Å². The Morgan fingerprint density at radius 3 is 1.32 bits per heavy atom. The first kappa shape index (κ1) is 38.2. The second-order valence-electron chi connectivity index (χ2n) is 16.7. The molecule has 1 unspecified atom stereocenters. The van der Waals surface area contributed by atoms with Gasteiger partial charge in [0.15, 0.2) is 17.5 Å². The molecule has 1 atom stereocenters. The van der Waals surface area contributed by atoms with E-state index in [9.17, 15) is 0 Å². The fourth-order valence-electron chi connectivity index (χ4n) is 9.95. The van der Waals surface area contributed by atoms with E-state index in [0.717, 1.165) is 38.9 Å². The van der Waals surface area contributed by atoms with E-state index in [1.807, 2.05) is 24.3 Å². The Bertz CT molecular complexity index is 3510. The third kappa shape index (κ3) is 6.65. The van der Waals surface area contributed by atoms with Crippen LogP contribution in [0.25, 0.3) is 89.4 Å². The van der Waals surface area contributed by atoms with Gasteiger partial charge in [0.2, 0.25) is 0 Å². The van der Waals surface area contributed by atoms with Gasteiger partial charge >= 0.3 is 0 Å². The Hall–Kier alpha value is -8.53. The molecule has 1 aliphatic carbocycles. The molecule has 65 heavy (non-hydrogen) atoms. The van der Waals surface area contributed by atoms with Gasteiger partial charge in [0.1, 0.15) is 0 Å². The largest absolute Gasteiger partial charge is 0.208 e. The van der Waals surface area contributed by atoms with Crippen LogP contribution in [0.2, 0.25) is 0 Å². The van der Waals surface area contributed by atoms with Crippen LogP contribution >= 0.6 is 0 Å². The predicted molar refractivity (Wildman–Crippen MR) is 267 cm³/mol. The molecule has 0 radical (unpaired) electrons. The molecule has 0 amide bonds. The first-order valence-electron chi connectivity index (χ1n) is 22.2. The molecule has 0 saturated carbocycles. The average molecular weight is 828 g/mol. The molecule has 0 aliphatic heterocycles. The van der Waals surface area contributed by atoms with Gasteiger partial charge in [0.05, 0.1) is 5.41 Å².